The van der Waals surface area contributed by atoms with E-state index in [1.165, 1.54) is 5.00 Å². The van der Waals surface area contributed by atoms with E-state index in [-0.39, 0.29) is 24.0 Å². The maximum atomic E-state index is 6.04. The first-order chi connectivity index (χ1) is 13.3. The highest BCUT2D eigenvalue weighted by atomic mass is 127. The fourth-order valence-corrected chi connectivity index (χ4v) is 3.95. The van der Waals surface area contributed by atoms with Gasteiger partial charge in [-0.2, -0.15) is 0 Å². The average Bonchev–Trinajstić information content (AvgIpc) is 3.22. The number of rotatable bonds is 7. The summed E-state index contributed by atoms with van der Waals surface area (Å²) >= 11 is 7.85. The van der Waals surface area contributed by atoms with E-state index in [1.807, 2.05) is 0 Å². The van der Waals surface area contributed by atoms with Crippen LogP contribution in [-0.2, 0) is 0 Å². The molecule has 0 aromatic carbocycles. The Bertz CT molecular complexity index is 723. The highest BCUT2D eigenvalue weighted by molar-refractivity contribution is 14.0. The lowest BCUT2D eigenvalue weighted by Gasteiger charge is -2.33. The van der Waals surface area contributed by atoms with Crippen LogP contribution in [0.1, 0.15) is 19.8 Å². The molecule has 2 aromatic heterocycles. The summed E-state index contributed by atoms with van der Waals surface area (Å²) in [6, 6.07) is 8.29. The average molecular weight is 536 g/mol. The Morgan fingerprint density at radius 3 is 2.86 bits per heavy atom. The lowest BCUT2D eigenvalue weighted by molar-refractivity contribution is 0.316. The van der Waals surface area contributed by atoms with Gasteiger partial charge in [0.15, 0.2) is 5.96 Å². The Balaban J connectivity index is 0.00000280. The summed E-state index contributed by atoms with van der Waals surface area (Å²) in [5, 5.41) is 10.9. The number of nitrogens with one attached hydrogen (secondary N) is 2. The maximum absolute atomic E-state index is 6.04. The number of guanidine groups is 1. The van der Waals surface area contributed by atoms with Crippen molar-refractivity contribution >= 4 is 57.9 Å². The molecule has 1 aliphatic rings. The lowest BCUT2D eigenvalue weighted by Crippen LogP contribution is -2.48. The van der Waals surface area contributed by atoms with Gasteiger partial charge in [0.25, 0.3) is 0 Å². The standard InChI is InChI=1S/C19H26ClN5OS.HI/c1-2-21-19(23-10-13-26-18-16(20)5-3-9-22-18)24-15-7-11-25(12-8-15)17-6-4-14-27-17;/h3-6,9,14-15H,2,7-8,10-13H2,1H3,(H2,21,23,24);1H. The molecule has 2 N–H and O–H groups in total. The van der Waals surface area contributed by atoms with E-state index in [1.54, 1.807) is 29.7 Å². The van der Waals surface area contributed by atoms with Gasteiger partial charge in [-0.25, -0.2) is 9.98 Å². The largest absolute Gasteiger partial charge is 0.475 e. The first-order valence-electron chi connectivity index (χ1n) is 9.33. The number of thiophene rings is 1. The molecule has 0 amide bonds. The van der Waals surface area contributed by atoms with Gasteiger partial charge in [0.1, 0.15) is 11.6 Å². The summed E-state index contributed by atoms with van der Waals surface area (Å²) in [6.07, 6.45) is 3.86. The first kappa shape index (κ1) is 23.0. The fourth-order valence-electron chi connectivity index (χ4n) is 2.98. The van der Waals surface area contributed by atoms with Gasteiger partial charge in [0.2, 0.25) is 5.88 Å². The Labute approximate surface area is 192 Å². The van der Waals surface area contributed by atoms with Gasteiger partial charge in [-0.3, -0.25) is 0 Å². The molecule has 0 saturated carbocycles. The van der Waals surface area contributed by atoms with Crippen LogP contribution in [-0.4, -0.2) is 49.8 Å². The van der Waals surface area contributed by atoms with Crippen molar-refractivity contribution in [3.8, 4) is 5.88 Å². The quantitative estimate of drug-likeness (QED) is 0.243. The molecule has 0 aliphatic carbocycles. The zero-order chi connectivity index (χ0) is 18.9. The molecule has 28 heavy (non-hydrogen) atoms. The molecule has 3 heterocycles. The smallest absolute Gasteiger partial charge is 0.232 e. The predicted molar refractivity (Wildman–Crippen MR) is 129 cm³/mol. The van der Waals surface area contributed by atoms with Crippen molar-refractivity contribution in [2.45, 2.75) is 25.8 Å². The molecule has 3 rings (SSSR count). The summed E-state index contributed by atoms with van der Waals surface area (Å²) in [7, 11) is 0. The summed E-state index contributed by atoms with van der Waals surface area (Å²) in [4.78, 5) is 11.2. The SMILES string of the molecule is CCNC(=NCCOc1ncccc1Cl)NC1CCN(c2cccs2)CC1.I. The van der Waals surface area contributed by atoms with Crippen molar-refractivity contribution in [2.75, 3.05) is 37.7 Å². The molecule has 6 nitrogen and oxygen atoms in total. The van der Waals surface area contributed by atoms with E-state index in [0.717, 1.165) is 38.4 Å². The van der Waals surface area contributed by atoms with Crippen molar-refractivity contribution in [2.24, 2.45) is 4.99 Å². The Morgan fingerprint density at radius 2 is 2.18 bits per heavy atom. The van der Waals surface area contributed by atoms with Gasteiger partial charge >= 0.3 is 0 Å². The normalized spacial score (nSPS) is 15.1. The summed E-state index contributed by atoms with van der Waals surface area (Å²) in [6.45, 7) is 6.01. The zero-order valence-corrected chi connectivity index (χ0v) is 19.8. The molecule has 0 unspecified atom stereocenters. The predicted octanol–water partition coefficient (Wildman–Crippen LogP) is 4.02. The molecule has 0 bridgehead atoms. The minimum atomic E-state index is 0. The van der Waals surface area contributed by atoms with Gasteiger partial charge in [-0.05, 0) is 49.4 Å². The fraction of sp³-hybridized carbons (Fsp3) is 0.474. The second kappa shape index (κ2) is 12.3. The van der Waals surface area contributed by atoms with Crippen LogP contribution in [0.5, 0.6) is 5.88 Å². The first-order valence-corrected chi connectivity index (χ1v) is 10.6. The van der Waals surface area contributed by atoms with Gasteiger partial charge in [0.05, 0.1) is 11.5 Å². The number of hydrogen-bond donors (Lipinski definition) is 2. The van der Waals surface area contributed by atoms with E-state index >= 15 is 0 Å². The van der Waals surface area contributed by atoms with E-state index in [0.29, 0.717) is 30.1 Å². The van der Waals surface area contributed by atoms with Crippen LogP contribution in [0.15, 0.2) is 40.8 Å². The third-order valence-corrected chi connectivity index (χ3v) is 5.54. The number of nitrogens with zero attached hydrogens (tertiary/aromatic N) is 3. The minimum Gasteiger partial charge on any atom is -0.475 e. The van der Waals surface area contributed by atoms with E-state index in [2.05, 4.69) is 49.9 Å². The second-order valence-electron chi connectivity index (χ2n) is 6.26. The number of hydrogen-bond acceptors (Lipinski definition) is 5. The van der Waals surface area contributed by atoms with Crippen molar-refractivity contribution in [1.29, 1.82) is 0 Å². The number of piperidine rings is 1. The van der Waals surface area contributed by atoms with Crippen LogP contribution in [0.2, 0.25) is 5.02 Å². The monoisotopic (exact) mass is 535 g/mol. The van der Waals surface area contributed by atoms with Crippen molar-refractivity contribution in [3.63, 3.8) is 0 Å². The van der Waals surface area contributed by atoms with Crippen molar-refractivity contribution < 1.29 is 4.74 Å². The summed E-state index contributed by atoms with van der Waals surface area (Å²) in [5.41, 5.74) is 0. The van der Waals surface area contributed by atoms with E-state index in [9.17, 15) is 0 Å². The number of ether oxygens (including phenoxy) is 1. The topological polar surface area (TPSA) is 61.8 Å². The van der Waals surface area contributed by atoms with Crippen LogP contribution in [0.3, 0.4) is 0 Å². The third kappa shape index (κ3) is 6.97. The Hall–Kier alpha value is -1.26. The van der Waals surface area contributed by atoms with Crippen molar-refractivity contribution in [1.82, 2.24) is 15.6 Å². The van der Waals surface area contributed by atoms with Crippen LogP contribution < -0.4 is 20.3 Å². The van der Waals surface area contributed by atoms with Gasteiger partial charge < -0.3 is 20.3 Å². The Morgan fingerprint density at radius 1 is 1.36 bits per heavy atom. The zero-order valence-electron chi connectivity index (χ0n) is 15.9. The number of aromatic nitrogens is 1. The molecule has 1 fully saturated rings. The minimum absolute atomic E-state index is 0. The molecule has 1 saturated heterocycles. The van der Waals surface area contributed by atoms with Gasteiger partial charge in [0, 0.05) is 31.9 Å². The van der Waals surface area contributed by atoms with Crippen LogP contribution >= 0.6 is 46.9 Å². The second-order valence-corrected chi connectivity index (χ2v) is 7.59. The molecular weight excluding hydrogens is 509 g/mol. The lowest BCUT2D eigenvalue weighted by atomic mass is 10.1. The molecule has 1 aliphatic heterocycles. The summed E-state index contributed by atoms with van der Waals surface area (Å²) in [5.74, 6) is 1.29. The van der Waals surface area contributed by atoms with Gasteiger partial charge in [-0.15, -0.1) is 35.3 Å². The highest BCUT2D eigenvalue weighted by Crippen LogP contribution is 2.24. The van der Waals surface area contributed by atoms with Crippen molar-refractivity contribution in [3.05, 3.63) is 40.9 Å². The third-order valence-electron chi connectivity index (χ3n) is 4.32. The summed E-state index contributed by atoms with van der Waals surface area (Å²) < 4.78 is 5.60. The van der Waals surface area contributed by atoms with Gasteiger partial charge in [-0.1, -0.05) is 11.6 Å². The van der Waals surface area contributed by atoms with E-state index in [4.69, 9.17) is 16.3 Å². The van der Waals surface area contributed by atoms with Crippen LogP contribution in [0.4, 0.5) is 5.00 Å². The molecule has 9 heteroatoms. The molecule has 0 spiro atoms. The van der Waals surface area contributed by atoms with Crippen LogP contribution in [0.25, 0.3) is 0 Å². The number of aliphatic imine (C=N–C) groups is 1. The molecule has 0 radical (unpaired) electrons. The van der Waals surface area contributed by atoms with Crippen LogP contribution in [0, 0.1) is 0 Å². The molecule has 154 valence electrons. The number of anilines is 1. The number of pyridine rings is 1. The molecular formula is C19H27ClIN5OS. The molecule has 0 atom stereocenters. The Kier molecular flexibility index (Phi) is 10.1. The number of halogens is 2. The van der Waals surface area contributed by atoms with E-state index < -0.39 is 0 Å². The molecule has 2 aromatic rings. The highest BCUT2D eigenvalue weighted by Gasteiger charge is 2.20. The maximum Gasteiger partial charge on any atom is 0.232 e.